The Bertz CT molecular complexity index is 203. The fourth-order valence-corrected chi connectivity index (χ4v) is 0.988. The number of aromatic amines is 1. The van der Waals surface area contributed by atoms with E-state index in [2.05, 4.69) is 29.0 Å². The Morgan fingerprint density at radius 3 is 3.18 bits per heavy atom. The molecule has 0 spiro atoms. The molecule has 0 aliphatic heterocycles. The lowest BCUT2D eigenvalue weighted by atomic mass is 10.1. The van der Waals surface area contributed by atoms with Crippen molar-refractivity contribution in [1.29, 1.82) is 0 Å². The lowest BCUT2D eigenvalue weighted by Gasteiger charge is -2.09. The van der Waals surface area contributed by atoms with Crippen LogP contribution in [0.2, 0.25) is 0 Å². The van der Waals surface area contributed by atoms with Crippen LogP contribution in [0.4, 0.5) is 0 Å². The molecule has 0 fully saturated rings. The molecule has 0 amide bonds. The number of H-pyrrole nitrogens is 1. The molecule has 1 unspecified atom stereocenters. The highest BCUT2D eigenvalue weighted by atomic mass is 15.1. The molecule has 0 radical (unpaired) electrons. The molecule has 0 saturated carbocycles. The van der Waals surface area contributed by atoms with Gasteiger partial charge >= 0.3 is 0 Å². The largest absolute Gasteiger partial charge is 0.307 e. The second-order valence-corrected chi connectivity index (χ2v) is 2.30. The average molecular weight is 151 g/mol. The zero-order valence-electron chi connectivity index (χ0n) is 6.67. The van der Waals surface area contributed by atoms with Gasteiger partial charge in [-0.3, -0.25) is 5.10 Å². The first-order chi connectivity index (χ1) is 5.38. The molecule has 60 valence electrons. The van der Waals surface area contributed by atoms with E-state index >= 15 is 0 Å². The molecule has 1 aromatic heterocycles. The van der Waals surface area contributed by atoms with E-state index in [-0.39, 0.29) is 6.04 Å². The molecule has 3 heteroatoms. The zero-order valence-corrected chi connectivity index (χ0v) is 6.67. The highest BCUT2D eigenvalue weighted by Crippen LogP contribution is 2.10. The van der Waals surface area contributed by atoms with Gasteiger partial charge in [0, 0.05) is 11.8 Å². The monoisotopic (exact) mass is 151 g/mol. The van der Waals surface area contributed by atoms with E-state index in [9.17, 15) is 0 Å². The van der Waals surface area contributed by atoms with E-state index in [0.29, 0.717) is 0 Å². The first-order valence-electron chi connectivity index (χ1n) is 3.73. The van der Waals surface area contributed by atoms with E-state index in [1.54, 1.807) is 6.20 Å². The number of nitrogens with zero attached hydrogens (tertiary/aromatic N) is 1. The molecule has 0 bridgehead atoms. The second kappa shape index (κ2) is 3.93. The lowest BCUT2D eigenvalue weighted by Crippen LogP contribution is -2.17. The van der Waals surface area contributed by atoms with Crippen LogP contribution in [0.25, 0.3) is 0 Å². The summed E-state index contributed by atoms with van der Waals surface area (Å²) < 4.78 is 0. The van der Waals surface area contributed by atoms with E-state index in [1.165, 1.54) is 0 Å². The van der Waals surface area contributed by atoms with Gasteiger partial charge in [-0.15, -0.1) is 6.58 Å². The summed E-state index contributed by atoms with van der Waals surface area (Å²) in [5.41, 5.74) is 1.13. The zero-order chi connectivity index (χ0) is 8.10. The van der Waals surface area contributed by atoms with Crippen LogP contribution >= 0.6 is 0 Å². The molecule has 11 heavy (non-hydrogen) atoms. The van der Waals surface area contributed by atoms with E-state index in [0.717, 1.165) is 12.1 Å². The smallest absolute Gasteiger partial charge is 0.0538 e. The Hall–Kier alpha value is -1.09. The predicted octanol–water partition coefficient (Wildman–Crippen LogP) is 1.25. The van der Waals surface area contributed by atoms with Crippen molar-refractivity contribution in [2.24, 2.45) is 0 Å². The molecule has 0 aliphatic rings. The van der Waals surface area contributed by atoms with Crippen LogP contribution in [0.3, 0.4) is 0 Å². The number of rotatable bonds is 4. The Morgan fingerprint density at radius 1 is 1.91 bits per heavy atom. The van der Waals surface area contributed by atoms with E-state index in [1.807, 2.05) is 12.3 Å². The van der Waals surface area contributed by atoms with E-state index < -0.39 is 0 Å². The highest BCUT2D eigenvalue weighted by molar-refractivity contribution is 5.14. The fourth-order valence-electron chi connectivity index (χ4n) is 0.988. The van der Waals surface area contributed by atoms with Gasteiger partial charge in [0.05, 0.1) is 12.2 Å². The minimum atomic E-state index is 0.221. The van der Waals surface area contributed by atoms with Gasteiger partial charge in [0.2, 0.25) is 0 Å². The van der Waals surface area contributed by atoms with Crippen molar-refractivity contribution < 1.29 is 0 Å². The third kappa shape index (κ3) is 1.91. The minimum absolute atomic E-state index is 0.221. The molecule has 1 aromatic rings. The number of hydrogen-bond donors (Lipinski definition) is 2. The van der Waals surface area contributed by atoms with E-state index in [4.69, 9.17) is 0 Å². The molecule has 1 rings (SSSR count). The lowest BCUT2D eigenvalue weighted by molar-refractivity contribution is 0.649. The summed E-state index contributed by atoms with van der Waals surface area (Å²) in [7, 11) is 0. The number of likely N-dealkylation sites (N-methyl/N-ethyl adjacent to an activating group) is 1. The third-order valence-electron chi connectivity index (χ3n) is 1.54. The van der Waals surface area contributed by atoms with Crippen molar-refractivity contribution in [2.45, 2.75) is 13.0 Å². The van der Waals surface area contributed by atoms with Gasteiger partial charge in [-0.25, -0.2) is 0 Å². The van der Waals surface area contributed by atoms with Crippen LogP contribution in [-0.4, -0.2) is 16.7 Å². The fraction of sp³-hybridized carbons (Fsp3) is 0.375. The van der Waals surface area contributed by atoms with Crippen molar-refractivity contribution in [2.75, 3.05) is 6.54 Å². The normalized spacial score (nSPS) is 12.8. The highest BCUT2D eigenvalue weighted by Gasteiger charge is 2.04. The third-order valence-corrected chi connectivity index (χ3v) is 1.54. The first kappa shape index (κ1) is 8.01. The standard InChI is InChI=1S/C8H13N3/c1-3-8(9-4-2)7-5-10-11-6-7/h3,5-6,8-9H,1,4H2,2H3,(H,10,11). The van der Waals surface area contributed by atoms with Crippen LogP contribution in [0.5, 0.6) is 0 Å². The summed E-state index contributed by atoms with van der Waals surface area (Å²) in [6.07, 6.45) is 5.54. The van der Waals surface area contributed by atoms with Crippen molar-refractivity contribution in [3.05, 3.63) is 30.6 Å². The van der Waals surface area contributed by atoms with Crippen molar-refractivity contribution in [1.82, 2.24) is 15.5 Å². The van der Waals surface area contributed by atoms with Crippen LogP contribution in [0.1, 0.15) is 18.5 Å². The summed E-state index contributed by atoms with van der Waals surface area (Å²) in [6, 6.07) is 0.221. The number of hydrogen-bond acceptors (Lipinski definition) is 2. The van der Waals surface area contributed by atoms with Gasteiger partial charge in [-0.1, -0.05) is 13.0 Å². The van der Waals surface area contributed by atoms with Crippen molar-refractivity contribution in [3.63, 3.8) is 0 Å². The molecular formula is C8H13N3. The molecule has 3 nitrogen and oxygen atoms in total. The quantitative estimate of drug-likeness (QED) is 0.636. The molecule has 0 aromatic carbocycles. The maximum atomic E-state index is 3.86. The van der Waals surface area contributed by atoms with Gasteiger partial charge < -0.3 is 5.32 Å². The van der Waals surface area contributed by atoms with Gasteiger partial charge in [0.15, 0.2) is 0 Å². The molecule has 2 N–H and O–H groups in total. The van der Waals surface area contributed by atoms with Crippen LogP contribution < -0.4 is 5.32 Å². The SMILES string of the molecule is C=CC(NCC)c1cn[nH]c1. The summed E-state index contributed by atoms with van der Waals surface area (Å²) in [5, 5.41) is 9.88. The van der Waals surface area contributed by atoms with Gasteiger partial charge in [0.1, 0.15) is 0 Å². The Kier molecular flexibility index (Phi) is 2.86. The molecule has 0 aliphatic carbocycles. The van der Waals surface area contributed by atoms with Crippen molar-refractivity contribution in [3.8, 4) is 0 Å². The summed E-state index contributed by atoms with van der Waals surface area (Å²) >= 11 is 0. The average Bonchev–Trinajstić information content (AvgIpc) is 2.52. The Balaban J connectivity index is 2.63. The Labute approximate surface area is 66.5 Å². The maximum Gasteiger partial charge on any atom is 0.0538 e. The second-order valence-electron chi connectivity index (χ2n) is 2.30. The summed E-state index contributed by atoms with van der Waals surface area (Å²) in [5.74, 6) is 0. The molecule has 1 heterocycles. The Morgan fingerprint density at radius 2 is 2.73 bits per heavy atom. The molecular weight excluding hydrogens is 138 g/mol. The van der Waals surface area contributed by atoms with Crippen LogP contribution in [0, 0.1) is 0 Å². The van der Waals surface area contributed by atoms with Crippen molar-refractivity contribution >= 4 is 0 Å². The summed E-state index contributed by atoms with van der Waals surface area (Å²) in [4.78, 5) is 0. The molecule has 1 atom stereocenters. The van der Waals surface area contributed by atoms with Gasteiger partial charge in [-0.05, 0) is 6.54 Å². The van der Waals surface area contributed by atoms with Gasteiger partial charge in [-0.2, -0.15) is 5.10 Å². The number of aromatic nitrogens is 2. The predicted molar refractivity (Wildman–Crippen MR) is 45.2 cm³/mol. The molecule has 0 saturated heterocycles. The first-order valence-corrected chi connectivity index (χ1v) is 3.73. The minimum Gasteiger partial charge on any atom is -0.307 e. The van der Waals surface area contributed by atoms with Crippen LogP contribution in [-0.2, 0) is 0 Å². The maximum absolute atomic E-state index is 3.86. The number of nitrogens with one attached hydrogen (secondary N) is 2. The summed E-state index contributed by atoms with van der Waals surface area (Å²) in [6.45, 7) is 6.73. The van der Waals surface area contributed by atoms with Gasteiger partial charge in [0.25, 0.3) is 0 Å². The van der Waals surface area contributed by atoms with Crippen LogP contribution in [0.15, 0.2) is 25.0 Å². The topological polar surface area (TPSA) is 40.7 Å².